The summed E-state index contributed by atoms with van der Waals surface area (Å²) in [5, 5.41) is 2.85. The van der Waals surface area contributed by atoms with Crippen molar-refractivity contribution < 1.29 is 17.9 Å². The third kappa shape index (κ3) is 4.13. The van der Waals surface area contributed by atoms with E-state index in [1.807, 2.05) is 30.5 Å². The third-order valence-corrected chi connectivity index (χ3v) is 5.93. The molecule has 1 amide bonds. The molecule has 1 atom stereocenters. The Bertz CT molecular complexity index is 915. The number of benzene rings is 2. The number of carbonyl (C=O) groups excluding carboxylic acids is 1. The van der Waals surface area contributed by atoms with Crippen molar-refractivity contribution in [2.24, 2.45) is 0 Å². The number of nitrogens with zero attached hydrogens (tertiary/aromatic N) is 1. The van der Waals surface area contributed by atoms with Gasteiger partial charge in [-0.15, -0.1) is 11.8 Å². The van der Waals surface area contributed by atoms with Crippen LogP contribution in [0, 0.1) is 0 Å². The zero-order valence-corrected chi connectivity index (χ0v) is 16.1. The summed E-state index contributed by atoms with van der Waals surface area (Å²) in [5.41, 5.74) is 1.14. The number of hydrogen-bond acceptors (Lipinski definition) is 5. The Balaban J connectivity index is 1.83. The molecule has 1 aliphatic rings. The maximum atomic E-state index is 12.7. The van der Waals surface area contributed by atoms with Gasteiger partial charge in [-0.25, -0.2) is 8.42 Å². The monoisotopic (exact) mass is 392 g/mol. The highest BCUT2D eigenvalue weighted by Gasteiger charge is 2.31. The molecule has 1 aliphatic heterocycles. The summed E-state index contributed by atoms with van der Waals surface area (Å²) in [6, 6.07) is 14.4. The molecular weight excluding hydrogens is 372 g/mol. The molecule has 138 valence electrons. The number of anilines is 2. The van der Waals surface area contributed by atoms with Crippen molar-refractivity contribution in [2.75, 3.05) is 28.7 Å². The van der Waals surface area contributed by atoms with Crippen molar-refractivity contribution in [3.05, 3.63) is 48.5 Å². The standard InChI is InChI=1S/C18H20N2O4S2/c1-25-14-7-5-6-13(12-14)19-18(21)17-10-11-20(26(2,22)23)15-8-3-4-9-16(15)24-17/h3-9,12,17H,10-11H2,1-2H3,(H,19,21)/t17-/m0/s1. The quantitative estimate of drug-likeness (QED) is 0.810. The molecule has 0 fully saturated rings. The van der Waals surface area contributed by atoms with Gasteiger partial charge in [-0.1, -0.05) is 18.2 Å². The Morgan fingerprint density at radius 1 is 1.23 bits per heavy atom. The Hall–Kier alpha value is -2.19. The summed E-state index contributed by atoms with van der Waals surface area (Å²) in [7, 11) is -3.46. The maximum absolute atomic E-state index is 12.7. The number of rotatable bonds is 4. The van der Waals surface area contributed by atoms with Crippen molar-refractivity contribution in [1.82, 2.24) is 0 Å². The van der Waals surface area contributed by atoms with Gasteiger partial charge in [0.25, 0.3) is 5.91 Å². The number of thioether (sulfide) groups is 1. The van der Waals surface area contributed by atoms with Crippen molar-refractivity contribution in [2.45, 2.75) is 17.4 Å². The van der Waals surface area contributed by atoms with E-state index in [0.717, 1.165) is 11.2 Å². The minimum Gasteiger partial charge on any atom is -0.478 e. The number of carbonyl (C=O) groups is 1. The van der Waals surface area contributed by atoms with Crippen LogP contribution < -0.4 is 14.4 Å². The molecule has 0 spiro atoms. The van der Waals surface area contributed by atoms with Crippen LogP contribution in [0.15, 0.2) is 53.4 Å². The van der Waals surface area contributed by atoms with Crippen molar-refractivity contribution in [1.29, 1.82) is 0 Å². The average molecular weight is 393 g/mol. The summed E-state index contributed by atoms with van der Waals surface area (Å²) in [5.74, 6) is 0.0850. The Kier molecular flexibility index (Phi) is 5.43. The summed E-state index contributed by atoms with van der Waals surface area (Å²) in [4.78, 5) is 13.7. The molecule has 6 nitrogen and oxygen atoms in total. The molecule has 0 radical (unpaired) electrons. The third-order valence-electron chi connectivity index (χ3n) is 4.03. The van der Waals surface area contributed by atoms with Gasteiger partial charge in [0, 0.05) is 23.5 Å². The topological polar surface area (TPSA) is 75.7 Å². The van der Waals surface area contributed by atoms with E-state index in [1.54, 1.807) is 36.0 Å². The van der Waals surface area contributed by atoms with Gasteiger partial charge in [-0.05, 0) is 36.6 Å². The van der Waals surface area contributed by atoms with Crippen molar-refractivity contribution in [3.63, 3.8) is 0 Å². The normalized spacial score (nSPS) is 17.0. The van der Waals surface area contributed by atoms with Crippen LogP contribution in [-0.2, 0) is 14.8 Å². The largest absolute Gasteiger partial charge is 0.478 e. The summed E-state index contributed by atoms with van der Waals surface area (Å²) >= 11 is 1.59. The second-order valence-electron chi connectivity index (χ2n) is 5.92. The first kappa shape index (κ1) is 18.6. The SMILES string of the molecule is CSc1cccc(NC(=O)[C@@H]2CCN(S(C)(=O)=O)c3ccccc3O2)c1. The number of ether oxygens (including phenoxy) is 1. The zero-order valence-electron chi connectivity index (χ0n) is 14.5. The van der Waals surface area contributed by atoms with Gasteiger partial charge in [0.2, 0.25) is 10.0 Å². The zero-order chi connectivity index (χ0) is 18.7. The van der Waals surface area contributed by atoms with Crippen LogP contribution in [0.25, 0.3) is 0 Å². The lowest BCUT2D eigenvalue weighted by Crippen LogP contribution is -2.35. The van der Waals surface area contributed by atoms with Crippen LogP contribution in [0.5, 0.6) is 5.75 Å². The van der Waals surface area contributed by atoms with Crippen LogP contribution >= 0.6 is 11.8 Å². The van der Waals surface area contributed by atoms with Crippen LogP contribution in [-0.4, -0.2) is 39.5 Å². The summed E-state index contributed by atoms with van der Waals surface area (Å²) in [6.07, 6.45) is 2.60. The number of nitrogens with one attached hydrogen (secondary N) is 1. The average Bonchev–Trinajstić information content (AvgIpc) is 2.81. The highest BCUT2D eigenvalue weighted by atomic mass is 32.2. The van der Waals surface area contributed by atoms with E-state index in [1.165, 1.54) is 4.31 Å². The second-order valence-corrected chi connectivity index (χ2v) is 8.71. The molecule has 2 aromatic rings. The van der Waals surface area contributed by atoms with Crippen molar-refractivity contribution >= 4 is 39.1 Å². The minimum atomic E-state index is -3.46. The molecule has 2 aromatic carbocycles. The smallest absolute Gasteiger partial charge is 0.265 e. The molecule has 0 saturated carbocycles. The molecular formula is C18H20N2O4S2. The second kappa shape index (κ2) is 7.59. The highest BCUT2D eigenvalue weighted by molar-refractivity contribution is 7.98. The van der Waals surface area contributed by atoms with Crippen LogP contribution in [0.3, 0.4) is 0 Å². The Morgan fingerprint density at radius 2 is 2.00 bits per heavy atom. The molecule has 0 saturated heterocycles. The van der Waals surface area contributed by atoms with Gasteiger partial charge in [-0.3, -0.25) is 9.10 Å². The van der Waals surface area contributed by atoms with Gasteiger partial charge in [-0.2, -0.15) is 0 Å². The summed E-state index contributed by atoms with van der Waals surface area (Å²) < 4.78 is 31.3. The highest BCUT2D eigenvalue weighted by Crippen LogP contribution is 2.34. The van der Waals surface area contributed by atoms with Crippen LogP contribution in [0.4, 0.5) is 11.4 Å². The molecule has 0 aliphatic carbocycles. The van der Waals surface area contributed by atoms with E-state index in [0.29, 0.717) is 17.1 Å². The van der Waals surface area contributed by atoms with E-state index in [4.69, 9.17) is 4.74 Å². The Labute approximate surface area is 157 Å². The fourth-order valence-electron chi connectivity index (χ4n) is 2.78. The van der Waals surface area contributed by atoms with Crippen LogP contribution in [0.2, 0.25) is 0 Å². The number of sulfonamides is 1. The van der Waals surface area contributed by atoms with Crippen molar-refractivity contribution in [3.8, 4) is 5.75 Å². The Morgan fingerprint density at radius 3 is 2.73 bits per heavy atom. The van der Waals surface area contributed by atoms with Gasteiger partial charge >= 0.3 is 0 Å². The number of amides is 1. The molecule has 0 aromatic heterocycles. The predicted molar refractivity (Wildman–Crippen MR) is 105 cm³/mol. The number of para-hydroxylation sites is 2. The molecule has 1 heterocycles. The van der Waals surface area contributed by atoms with E-state index in [9.17, 15) is 13.2 Å². The lowest BCUT2D eigenvalue weighted by molar-refractivity contribution is -0.122. The van der Waals surface area contributed by atoms with Gasteiger partial charge < -0.3 is 10.1 Å². The first-order valence-electron chi connectivity index (χ1n) is 8.07. The van der Waals surface area contributed by atoms with E-state index < -0.39 is 16.1 Å². The summed E-state index contributed by atoms with van der Waals surface area (Å²) in [6.45, 7) is 0.179. The molecule has 0 bridgehead atoms. The van der Waals surface area contributed by atoms with E-state index >= 15 is 0 Å². The lowest BCUT2D eigenvalue weighted by Gasteiger charge is -2.20. The molecule has 0 unspecified atom stereocenters. The number of hydrogen-bond donors (Lipinski definition) is 1. The predicted octanol–water partition coefficient (Wildman–Crippen LogP) is 2.96. The first-order chi connectivity index (χ1) is 12.4. The molecule has 26 heavy (non-hydrogen) atoms. The first-order valence-corrected chi connectivity index (χ1v) is 11.1. The van der Waals surface area contributed by atoms with Crippen LogP contribution in [0.1, 0.15) is 6.42 Å². The molecule has 3 rings (SSSR count). The fourth-order valence-corrected chi connectivity index (χ4v) is 4.19. The molecule has 1 N–H and O–H groups in total. The molecule has 8 heteroatoms. The van der Waals surface area contributed by atoms with Gasteiger partial charge in [0.1, 0.15) is 5.75 Å². The van der Waals surface area contributed by atoms with Gasteiger partial charge in [0.05, 0.1) is 11.9 Å². The minimum absolute atomic E-state index is 0.179. The number of fused-ring (bicyclic) bond motifs is 1. The van der Waals surface area contributed by atoms with Gasteiger partial charge in [0.15, 0.2) is 6.10 Å². The lowest BCUT2D eigenvalue weighted by atomic mass is 10.2. The van der Waals surface area contributed by atoms with E-state index in [-0.39, 0.29) is 18.9 Å². The fraction of sp³-hybridized carbons (Fsp3) is 0.278. The van der Waals surface area contributed by atoms with E-state index in [2.05, 4.69) is 5.32 Å². The maximum Gasteiger partial charge on any atom is 0.265 e.